The molecule has 1 N–H and O–H groups in total. The van der Waals surface area contributed by atoms with Crippen LogP contribution in [0.2, 0.25) is 0 Å². The van der Waals surface area contributed by atoms with E-state index in [-0.39, 0.29) is 6.04 Å². The van der Waals surface area contributed by atoms with Gasteiger partial charge in [0.2, 0.25) is 0 Å². The number of fused-ring (bicyclic) bond motifs is 1. The minimum atomic E-state index is 0.257. The molecule has 21 heavy (non-hydrogen) atoms. The maximum absolute atomic E-state index is 5.61. The Labute approximate surface area is 127 Å². The summed E-state index contributed by atoms with van der Waals surface area (Å²) in [5.74, 6) is 1.05. The van der Waals surface area contributed by atoms with E-state index in [1.54, 1.807) is 0 Å². The van der Waals surface area contributed by atoms with E-state index in [0.29, 0.717) is 0 Å². The molecule has 1 heterocycles. The molecular weight excluding hydrogens is 258 g/mol. The second-order valence-electron chi connectivity index (χ2n) is 5.55. The van der Waals surface area contributed by atoms with Crippen LogP contribution in [-0.2, 0) is 12.8 Å². The highest BCUT2D eigenvalue weighted by molar-refractivity contribution is 5.43. The molecule has 0 radical (unpaired) electrons. The van der Waals surface area contributed by atoms with Crippen molar-refractivity contribution in [1.29, 1.82) is 0 Å². The number of hydrogen-bond acceptors (Lipinski definition) is 2. The quantitative estimate of drug-likeness (QED) is 0.898. The van der Waals surface area contributed by atoms with Crippen molar-refractivity contribution in [2.45, 2.75) is 32.7 Å². The number of ether oxygens (including phenoxy) is 1. The summed E-state index contributed by atoms with van der Waals surface area (Å²) in [5, 5.41) is 3.62. The SMILES string of the molecule is CCNC(c1cccc(CC)c1)c1ccc2c(c1)CCO2. The highest BCUT2D eigenvalue weighted by Crippen LogP contribution is 2.30. The van der Waals surface area contributed by atoms with Gasteiger partial charge in [0.15, 0.2) is 0 Å². The molecule has 1 atom stereocenters. The Bertz CT molecular complexity index is 621. The highest BCUT2D eigenvalue weighted by Gasteiger charge is 2.18. The summed E-state index contributed by atoms with van der Waals surface area (Å²) < 4.78 is 5.61. The standard InChI is InChI=1S/C19H23NO/c1-3-14-6-5-7-16(12-14)19(20-4-2)17-8-9-18-15(13-17)10-11-21-18/h5-9,12-13,19-20H,3-4,10-11H2,1-2H3. The van der Waals surface area contributed by atoms with Crippen LogP contribution in [0.25, 0.3) is 0 Å². The van der Waals surface area contributed by atoms with Crippen molar-refractivity contribution >= 4 is 0 Å². The normalized spacial score (nSPS) is 14.6. The molecule has 1 unspecified atom stereocenters. The largest absolute Gasteiger partial charge is 0.493 e. The predicted octanol–water partition coefficient (Wildman–Crippen LogP) is 3.88. The molecule has 0 aliphatic carbocycles. The van der Waals surface area contributed by atoms with E-state index in [1.165, 1.54) is 22.3 Å². The first kappa shape index (κ1) is 14.2. The smallest absolute Gasteiger partial charge is 0.122 e. The number of rotatable bonds is 5. The Morgan fingerprint density at radius 1 is 1.10 bits per heavy atom. The van der Waals surface area contributed by atoms with Crippen molar-refractivity contribution in [3.05, 3.63) is 64.7 Å². The zero-order chi connectivity index (χ0) is 14.7. The Hall–Kier alpha value is -1.80. The van der Waals surface area contributed by atoms with Gasteiger partial charge in [-0.3, -0.25) is 0 Å². The summed E-state index contributed by atoms with van der Waals surface area (Å²) in [6, 6.07) is 15.8. The van der Waals surface area contributed by atoms with Crippen LogP contribution in [0.4, 0.5) is 0 Å². The second-order valence-corrected chi connectivity index (χ2v) is 5.55. The van der Waals surface area contributed by atoms with Crippen molar-refractivity contribution < 1.29 is 4.74 Å². The van der Waals surface area contributed by atoms with Crippen LogP contribution in [0.3, 0.4) is 0 Å². The van der Waals surface area contributed by atoms with Crippen molar-refractivity contribution in [2.75, 3.05) is 13.2 Å². The lowest BCUT2D eigenvalue weighted by atomic mass is 9.95. The summed E-state index contributed by atoms with van der Waals surface area (Å²) in [6.45, 7) is 6.13. The zero-order valence-electron chi connectivity index (χ0n) is 12.9. The van der Waals surface area contributed by atoms with Crippen LogP contribution >= 0.6 is 0 Å². The number of aryl methyl sites for hydroxylation is 1. The van der Waals surface area contributed by atoms with E-state index in [0.717, 1.165) is 31.7 Å². The Morgan fingerprint density at radius 2 is 1.95 bits per heavy atom. The first-order valence-electron chi connectivity index (χ1n) is 7.89. The Kier molecular flexibility index (Phi) is 4.26. The lowest BCUT2D eigenvalue weighted by Crippen LogP contribution is -2.22. The number of hydrogen-bond donors (Lipinski definition) is 1. The fourth-order valence-corrected chi connectivity index (χ4v) is 3.01. The van der Waals surface area contributed by atoms with Gasteiger partial charge in [-0.05, 0) is 41.3 Å². The molecule has 2 aromatic rings. The number of nitrogens with one attached hydrogen (secondary N) is 1. The maximum atomic E-state index is 5.61. The van der Waals surface area contributed by atoms with E-state index >= 15 is 0 Å². The summed E-state index contributed by atoms with van der Waals surface area (Å²) in [7, 11) is 0. The molecule has 0 saturated carbocycles. The Morgan fingerprint density at radius 3 is 2.76 bits per heavy atom. The van der Waals surface area contributed by atoms with E-state index in [1.807, 2.05) is 0 Å². The van der Waals surface area contributed by atoms with E-state index in [9.17, 15) is 0 Å². The van der Waals surface area contributed by atoms with Crippen LogP contribution in [0.5, 0.6) is 5.75 Å². The molecule has 3 rings (SSSR count). The monoisotopic (exact) mass is 281 g/mol. The lowest BCUT2D eigenvalue weighted by Gasteiger charge is -2.20. The summed E-state index contributed by atoms with van der Waals surface area (Å²) in [4.78, 5) is 0. The molecule has 0 fully saturated rings. The van der Waals surface area contributed by atoms with E-state index < -0.39 is 0 Å². The average molecular weight is 281 g/mol. The van der Waals surface area contributed by atoms with Gasteiger partial charge in [-0.2, -0.15) is 0 Å². The fourth-order valence-electron chi connectivity index (χ4n) is 3.01. The summed E-state index contributed by atoms with van der Waals surface area (Å²) in [6.07, 6.45) is 2.10. The third-order valence-electron chi connectivity index (χ3n) is 4.15. The minimum Gasteiger partial charge on any atom is -0.493 e. The van der Waals surface area contributed by atoms with Gasteiger partial charge < -0.3 is 10.1 Å². The zero-order valence-corrected chi connectivity index (χ0v) is 12.9. The van der Waals surface area contributed by atoms with Crippen molar-refractivity contribution in [1.82, 2.24) is 5.32 Å². The van der Waals surface area contributed by atoms with Crippen molar-refractivity contribution in [3.8, 4) is 5.75 Å². The van der Waals surface area contributed by atoms with Gasteiger partial charge in [-0.25, -0.2) is 0 Å². The molecule has 0 bridgehead atoms. The lowest BCUT2D eigenvalue weighted by molar-refractivity contribution is 0.357. The van der Waals surface area contributed by atoms with E-state index in [2.05, 4.69) is 61.6 Å². The van der Waals surface area contributed by atoms with E-state index in [4.69, 9.17) is 4.74 Å². The third kappa shape index (κ3) is 2.96. The molecule has 0 aromatic heterocycles. The van der Waals surface area contributed by atoms with Gasteiger partial charge in [0.05, 0.1) is 12.6 Å². The summed E-state index contributed by atoms with van der Waals surface area (Å²) in [5.41, 5.74) is 5.39. The molecule has 1 aliphatic rings. The van der Waals surface area contributed by atoms with Crippen LogP contribution < -0.4 is 10.1 Å². The Balaban J connectivity index is 1.97. The molecular formula is C19H23NO. The number of benzene rings is 2. The fraction of sp³-hybridized carbons (Fsp3) is 0.368. The first-order valence-corrected chi connectivity index (χ1v) is 7.89. The molecule has 2 heteroatoms. The van der Waals surface area contributed by atoms with Crippen LogP contribution in [0, 0.1) is 0 Å². The molecule has 2 nitrogen and oxygen atoms in total. The first-order chi connectivity index (χ1) is 10.3. The molecule has 1 aliphatic heterocycles. The van der Waals surface area contributed by atoms with Gasteiger partial charge in [-0.15, -0.1) is 0 Å². The van der Waals surface area contributed by atoms with Crippen LogP contribution in [-0.4, -0.2) is 13.2 Å². The molecule has 0 spiro atoms. The van der Waals surface area contributed by atoms with Crippen LogP contribution in [0.1, 0.15) is 42.1 Å². The highest BCUT2D eigenvalue weighted by atomic mass is 16.5. The van der Waals surface area contributed by atoms with Gasteiger partial charge in [0.25, 0.3) is 0 Å². The molecule has 110 valence electrons. The molecule has 0 saturated heterocycles. The molecule has 2 aromatic carbocycles. The minimum absolute atomic E-state index is 0.257. The third-order valence-corrected chi connectivity index (χ3v) is 4.15. The van der Waals surface area contributed by atoms with Gasteiger partial charge in [-0.1, -0.05) is 50.2 Å². The average Bonchev–Trinajstić information content (AvgIpc) is 3.00. The van der Waals surface area contributed by atoms with Crippen molar-refractivity contribution in [3.63, 3.8) is 0 Å². The topological polar surface area (TPSA) is 21.3 Å². The second kappa shape index (κ2) is 6.31. The van der Waals surface area contributed by atoms with Gasteiger partial charge in [0, 0.05) is 6.42 Å². The maximum Gasteiger partial charge on any atom is 0.122 e. The molecule has 0 amide bonds. The van der Waals surface area contributed by atoms with Gasteiger partial charge in [0.1, 0.15) is 5.75 Å². The van der Waals surface area contributed by atoms with Crippen LogP contribution in [0.15, 0.2) is 42.5 Å². The summed E-state index contributed by atoms with van der Waals surface area (Å²) >= 11 is 0. The van der Waals surface area contributed by atoms with Crippen molar-refractivity contribution in [2.24, 2.45) is 0 Å². The predicted molar refractivity (Wildman–Crippen MR) is 87.0 cm³/mol. The van der Waals surface area contributed by atoms with Gasteiger partial charge >= 0.3 is 0 Å².